The molecule has 0 aliphatic heterocycles. The monoisotopic (exact) mass is 294 g/mol. The summed E-state index contributed by atoms with van der Waals surface area (Å²) < 4.78 is 5.22. The third-order valence-electron chi connectivity index (χ3n) is 5.01. The zero-order valence-electron chi connectivity index (χ0n) is 12.7. The van der Waals surface area contributed by atoms with Crippen LogP contribution >= 0.6 is 11.3 Å². The van der Waals surface area contributed by atoms with Gasteiger partial charge in [0, 0.05) is 18.5 Å². The number of hydrogen-bond donors (Lipinski definition) is 1. The summed E-state index contributed by atoms with van der Waals surface area (Å²) in [6.45, 7) is 4.05. The molecular formula is C16H26N2OS. The Morgan fingerprint density at radius 2 is 2.10 bits per heavy atom. The first-order chi connectivity index (χ1) is 9.74. The SMILES string of the molecule is COCCNC(C)(c1nc2c(s1)CCC2)C1CCCC1. The summed E-state index contributed by atoms with van der Waals surface area (Å²) in [5.74, 6) is 0.727. The lowest BCUT2D eigenvalue weighted by Crippen LogP contribution is -2.46. The largest absolute Gasteiger partial charge is 0.383 e. The van der Waals surface area contributed by atoms with Gasteiger partial charge in [-0.05, 0) is 44.9 Å². The molecule has 4 heteroatoms. The van der Waals surface area contributed by atoms with Gasteiger partial charge in [0.2, 0.25) is 0 Å². The molecule has 1 heterocycles. The van der Waals surface area contributed by atoms with Gasteiger partial charge in [0.25, 0.3) is 0 Å². The summed E-state index contributed by atoms with van der Waals surface area (Å²) in [7, 11) is 1.77. The normalized spacial score (nSPS) is 22.1. The van der Waals surface area contributed by atoms with Crippen LogP contribution in [-0.2, 0) is 23.1 Å². The van der Waals surface area contributed by atoms with E-state index in [1.807, 2.05) is 11.3 Å². The van der Waals surface area contributed by atoms with Gasteiger partial charge in [0.05, 0.1) is 17.8 Å². The van der Waals surface area contributed by atoms with Crippen LogP contribution in [-0.4, -0.2) is 25.2 Å². The number of ether oxygens (including phenoxy) is 1. The lowest BCUT2D eigenvalue weighted by molar-refractivity contribution is 0.166. The van der Waals surface area contributed by atoms with Crippen LogP contribution in [0.25, 0.3) is 0 Å². The quantitative estimate of drug-likeness (QED) is 0.818. The van der Waals surface area contributed by atoms with Crippen molar-refractivity contribution in [2.45, 2.75) is 57.4 Å². The van der Waals surface area contributed by atoms with E-state index in [-0.39, 0.29) is 5.54 Å². The average molecular weight is 294 g/mol. The Morgan fingerprint density at radius 3 is 2.80 bits per heavy atom. The number of aromatic nitrogens is 1. The Balaban J connectivity index is 1.82. The first kappa shape index (κ1) is 14.5. The van der Waals surface area contributed by atoms with Gasteiger partial charge in [-0.1, -0.05) is 12.8 Å². The van der Waals surface area contributed by atoms with Gasteiger partial charge < -0.3 is 10.1 Å². The zero-order valence-corrected chi connectivity index (χ0v) is 13.5. The Labute approximate surface area is 126 Å². The topological polar surface area (TPSA) is 34.1 Å². The molecule has 0 spiro atoms. The van der Waals surface area contributed by atoms with Crippen LogP contribution in [0.1, 0.15) is 54.6 Å². The van der Waals surface area contributed by atoms with Crippen molar-refractivity contribution in [2.75, 3.05) is 20.3 Å². The van der Waals surface area contributed by atoms with Crippen LogP contribution in [0.4, 0.5) is 0 Å². The van der Waals surface area contributed by atoms with Gasteiger partial charge in [0.1, 0.15) is 5.01 Å². The Kier molecular flexibility index (Phi) is 4.43. The number of thiazole rings is 1. The Morgan fingerprint density at radius 1 is 1.30 bits per heavy atom. The summed E-state index contributed by atoms with van der Waals surface area (Å²) in [5, 5.41) is 5.09. The van der Waals surface area contributed by atoms with Crippen LogP contribution in [0.15, 0.2) is 0 Å². The lowest BCUT2D eigenvalue weighted by Gasteiger charge is -2.35. The maximum absolute atomic E-state index is 5.22. The molecule has 0 aromatic carbocycles. The number of aryl methyl sites for hydroxylation is 2. The minimum atomic E-state index is 0.0457. The minimum Gasteiger partial charge on any atom is -0.383 e. The van der Waals surface area contributed by atoms with Crippen LogP contribution in [0.3, 0.4) is 0 Å². The smallest absolute Gasteiger partial charge is 0.113 e. The molecule has 3 nitrogen and oxygen atoms in total. The molecular weight excluding hydrogens is 268 g/mol. The third-order valence-corrected chi connectivity index (χ3v) is 6.40. The number of nitrogens with zero attached hydrogens (tertiary/aromatic N) is 1. The highest BCUT2D eigenvalue weighted by molar-refractivity contribution is 7.12. The Hall–Kier alpha value is -0.450. The van der Waals surface area contributed by atoms with Crippen molar-refractivity contribution in [1.29, 1.82) is 0 Å². The van der Waals surface area contributed by atoms with Crippen molar-refractivity contribution in [2.24, 2.45) is 5.92 Å². The first-order valence-corrected chi connectivity index (χ1v) is 8.78. The number of fused-ring (bicyclic) bond motifs is 1. The predicted molar refractivity (Wildman–Crippen MR) is 83.3 cm³/mol. The van der Waals surface area contributed by atoms with Crippen molar-refractivity contribution < 1.29 is 4.74 Å². The van der Waals surface area contributed by atoms with E-state index in [0.717, 1.165) is 19.1 Å². The van der Waals surface area contributed by atoms with Crippen molar-refractivity contribution >= 4 is 11.3 Å². The number of rotatable bonds is 6. The van der Waals surface area contributed by atoms with Gasteiger partial charge in [0.15, 0.2) is 0 Å². The zero-order chi connectivity index (χ0) is 14.0. The maximum atomic E-state index is 5.22. The summed E-state index contributed by atoms with van der Waals surface area (Å²) in [4.78, 5) is 6.54. The van der Waals surface area contributed by atoms with Crippen molar-refractivity contribution in [1.82, 2.24) is 10.3 Å². The lowest BCUT2D eigenvalue weighted by atomic mass is 9.84. The number of hydrogen-bond acceptors (Lipinski definition) is 4. The molecule has 0 bridgehead atoms. The summed E-state index contributed by atoms with van der Waals surface area (Å²) in [5.41, 5.74) is 1.42. The van der Waals surface area contributed by atoms with Crippen LogP contribution in [0, 0.1) is 5.92 Å². The van der Waals surface area contributed by atoms with Crippen LogP contribution in [0.5, 0.6) is 0 Å². The van der Waals surface area contributed by atoms with E-state index in [9.17, 15) is 0 Å². The standard InChI is InChI=1S/C16H26N2OS/c1-16(17-10-11-19-2,12-6-3-4-7-12)15-18-13-8-5-9-14(13)20-15/h12,17H,3-11H2,1-2H3. The fraction of sp³-hybridized carbons (Fsp3) is 0.812. The van der Waals surface area contributed by atoms with Gasteiger partial charge in [-0.15, -0.1) is 11.3 Å². The number of methoxy groups -OCH3 is 1. The van der Waals surface area contributed by atoms with Crippen LogP contribution in [0.2, 0.25) is 0 Å². The molecule has 2 aliphatic rings. The van der Waals surface area contributed by atoms with E-state index in [4.69, 9.17) is 9.72 Å². The molecule has 1 saturated carbocycles. The van der Waals surface area contributed by atoms with Crippen LogP contribution < -0.4 is 5.32 Å². The number of nitrogens with one attached hydrogen (secondary N) is 1. The Bertz CT molecular complexity index is 432. The van der Waals surface area contributed by atoms with E-state index in [1.165, 1.54) is 60.5 Å². The minimum absolute atomic E-state index is 0.0457. The van der Waals surface area contributed by atoms with Crippen molar-refractivity contribution in [3.8, 4) is 0 Å². The van der Waals surface area contributed by atoms with Gasteiger partial charge in [-0.2, -0.15) is 0 Å². The fourth-order valence-corrected chi connectivity index (χ4v) is 5.08. The molecule has 20 heavy (non-hydrogen) atoms. The molecule has 2 aliphatic carbocycles. The summed E-state index contributed by atoms with van der Waals surface area (Å²) in [6.07, 6.45) is 9.14. The van der Waals surface area contributed by atoms with E-state index < -0.39 is 0 Å². The molecule has 1 aromatic rings. The molecule has 1 fully saturated rings. The molecule has 0 saturated heterocycles. The molecule has 0 radical (unpaired) electrons. The highest BCUT2D eigenvalue weighted by Gasteiger charge is 2.40. The predicted octanol–water partition coefficient (Wildman–Crippen LogP) is 3.27. The van der Waals surface area contributed by atoms with Crippen molar-refractivity contribution in [3.05, 3.63) is 15.6 Å². The second-order valence-corrected chi connectivity index (χ2v) is 7.43. The highest BCUT2D eigenvalue weighted by Crippen LogP contribution is 2.43. The molecule has 1 atom stereocenters. The fourth-order valence-electron chi connectivity index (χ4n) is 3.72. The van der Waals surface area contributed by atoms with Gasteiger partial charge in [-0.3, -0.25) is 0 Å². The molecule has 1 unspecified atom stereocenters. The molecule has 1 N–H and O–H groups in total. The van der Waals surface area contributed by atoms with E-state index in [2.05, 4.69) is 12.2 Å². The average Bonchev–Trinajstić information content (AvgIpc) is 3.15. The molecule has 0 amide bonds. The second kappa shape index (κ2) is 6.12. The second-order valence-electron chi connectivity index (χ2n) is 6.35. The van der Waals surface area contributed by atoms with E-state index in [0.29, 0.717) is 0 Å². The van der Waals surface area contributed by atoms with E-state index >= 15 is 0 Å². The highest BCUT2D eigenvalue weighted by atomic mass is 32.1. The molecule has 1 aromatic heterocycles. The summed E-state index contributed by atoms with van der Waals surface area (Å²) in [6, 6.07) is 0. The maximum Gasteiger partial charge on any atom is 0.113 e. The first-order valence-electron chi connectivity index (χ1n) is 7.97. The molecule has 112 valence electrons. The van der Waals surface area contributed by atoms with Crippen molar-refractivity contribution in [3.63, 3.8) is 0 Å². The molecule has 3 rings (SSSR count). The van der Waals surface area contributed by atoms with Gasteiger partial charge in [-0.25, -0.2) is 4.98 Å². The van der Waals surface area contributed by atoms with Gasteiger partial charge >= 0.3 is 0 Å². The summed E-state index contributed by atoms with van der Waals surface area (Å²) >= 11 is 1.96. The van der Waals surface area contributed by atoms with E-state index in [1.54, 1.807) is 7.11 Å². The third kappa shape index (κ3) is 2.66.